The maximum Gasteiger partial charge on any atom is 0.138 e. The minimum absolute atomic E-state index is 0.118. The summed E-state index contributed by atoms with van der Waals surface area (Å²) in [6, 6.07) is 10.8. The van der Waals surface area contributed by atoms with Crippen LogP contribution in [0.2, 0.25) is 0 Å². The third kappa shape index (κ3) is 3.71. The smallest absolute Gasteiger partial charge is 0.138 e. The van der Waals surface area contributed by atoms with Gasteiger partial charge in [-0.3, -0.25) is 4.99 Å². The lowest BCUT2D eigenvalue weighted by atomic mass is 10.1. The Kier molecular flexibility index (Phi) is 5.14. The van der Waals surface area contributed by atoms with Gasteiger partial charge in [-0.2, -0.15) is 0 Å². The number of rotatable bonds is 3. The van der Waals surface area contributed by atoms with Gasteiger partial charge in [-0.1, -0.05) is 39.3 Å². The molecular weight excluding hydrogens is 400 g/mol. The van der Waals surface area contributed by atoms with Crippen molar-refractivity contribution in [1.82, 2.24) is 0 Å². The van der Waals surface area contributed by atoms with E-state index in [0.717, 1.165) is 10.0 Å². The zero-order valence-corrected chi connectivity index (χ0v) is 14.3. The van der Waals surface area contributed by atoms with E-state index in [9.17, 15) is 5.11 Å². The third-order valence-corrected chi connectivity index (χ3v) is 3.91. The number of hydrogen-bond acceptors (Lipinski definition) is 4. The Hall–Kier alpha value is -1.66. The second kappa shape index (κ2) is 6.87. The second-order valence-corrected chi connectivity index (χ2v) is 6.06. The van der Waals surface area contributed by atoms with Gasteiger partial charge in [-0.25, -0.2) is 0 Å². The molecule has 0 unspecified atom stereocenters. The molecule has 2 aromatic carbocycles. The van der Waals surface area contributed by atoms with Crippen LogP contribution in [0.25, 0.3) is 0 Å². The molecule has 108 valence electrons. The predicted octanol–water partition coefficient (Wildman–Crippen LogP) is 4.87. The Morgan fingerprint density at radius 3 is 2.62 bits per heavy atom. The van der Waals surface area contributed by atoms with Crippen molar-refractivity contribution < 1.29 is 10.3 Å². The molecule has 0 amide bonds. The molecule has 2 rings (SSSR count). The maximum atomic E-state index is 10.0. The number of aliphatic imine (C=N–C) groups is 1. The van der Waals surface area contributed by atoms with Crippen molar-refractivity contribution in [1.29, 1.82) is 0 Å². The van der Waals surface area contributed by atoms with Crippen molar-refractivity contribution in [3.8, 4) is 5.75 Å². The molecule has 0 aromatic heterocycles. The number of phenols is 1. The molecule has 0 aliphatic carbocycles. The first-order valence-electron chi connectivity index (χ1n) is 6.03. The summed E-state index contributed by atoms with van der Waals surface area (Å²) < 4.78 is 1.41. The number of phenolic OH excluding ortho intramolecular Hbond substituents is 1. The van der Waals surface area contributed by atoms with Crippen LogP contribution in [0, 0.1) is 0 Å². The monoisotopic (exact) mass is 410 g/mol. The van der Waals surface area contributed by atoms with Crippen LogP contribution in [0.4, 0.5) is 5.69 Å². The zero-order valence-electron chi connectivity index (χ0n) is 11.1. The average Bonchev–Trinajstić information content (AvgIpc) is 2.49. The van der Waals surface area contributed by atoms with Gasteiger partial charge in [-0.05, 0) is 41.1 Å². The predicted molar refractivity (Wildman–Crippen MR) is 91.2 cm³/mol. The first-order chi connectivity index (χ1) is 10.0. The first-order valence-corrected chi connectivity index (χ1v) is 7.61. The highest BCUT2D eigenvalue weighted by molar-refractivity contribution is 9.11. The number of oxime groups is 1. The maximum absolute atomic E-state index is 10.0. The van der Waals surface area contributed by atoms with E-state index in [1.165, 1.54) is 0 Å². The van der Waals surface area contributed by atoms with Gasteiger partial charge in [0.2, 0.25) is 0 Å². The number of benzene rings is 2. The summed E-state index contributed by atoms with van der Waals surface area (Å²) in [5.74, 6) is 0.118. The van der Waals surface area contributed by atoms with Crippen LogP contribution in [0.1, 0.15) is 18.1 Å². The first kappa shape index (κ1) is 15.7. The topological polar surface area (TPSA) is 65.2 Å². The van der Waals surface area contributed by atoms with E-state index in [1.54, 1.807) is 25.3 Å². The lowest BCUT2D eigenvalue weighted by Gasteiger charge is -2.05. The molecule has 2 N–H and O–H groups in total. The highest BCUT2D eigenvalue weighted by Gasteiger charge is 2.07. The van der Waals surface area contributed by atoms with Crippen LogP contribution >= 0.6 is 31.9 Å². The van der Waals surface area contributed by atoms with Gasteiger partial charge in [0.1, 0.15) is 5.75 Å². The SMILES string of the molecule is C/C(=N\O)c1ccccc1N=Cc1cc(Br)cc(Br)c1O. The summed E-state index contributed by atoms with van der Waals surface area (Å²) in [5.41, 5.74) is 2.43. The molecule has 0 aliphatic rings. The molecule has 2 aromatic rings. The van der Waals surface area contributed by atoms with Gasteiger partial charge in [-0.15, -0.1) is 0 Å². The molecule has 0 bridgehead atoms. The Morgan fingerprint density at radius 1 is 1.19 bits per heavy atom. The molecule has 0 aliphatic heterocycles. The molecule has 21 heavy (non-hydrogen) atoms. The van der Waals surface area contributed by atoms with Gasteiger partial charge in [0.05, 0.1) is 15.9 Å². The average molecular weight is 412 g/mol. The van der Waals surface area contributed by atoms with Gasteiger partial charge < -0.3 is 10.3 Å². The molecule has 0 fully saturated rings. The van der Waals surface area contributed by atoms with E-state index in [2.05, 4.69) is 42.0 Å². The van der Waals surface area contributed by atoms with Crippen LogP contribution in [0.3, 0.4) is 0 Å². The molecule has 4 nitrogen and oxygen atoms in total. The largest absolute Gasteiger partial charge is 0.506 e. The van der Waals surface area contributed by atoms with E-state index in [0.29, 0.717) is 21.4 Å². The fraction of sp³-hybridized carbons (Fsp3) is 0.0667. The van der Waals surface area contributed by atoms with E-state index in [-0.39, 0.29) is 5.75 Å². The Morgan fingerprint density at radius 2 is 1.90 bits per heavy atom. The van der Waals surface area contributed by atoms with Gasteiger partial charge >= 0.3 is 0 Å². The molecule has 0 spiro atoms. The van der Waals surface area contributed by atoms with Crippen molar-refractivity contribution in [2.45, 2.75) is 6.92 Å². The molecule has 0 heterocycles. The molecule has 6 heteroatoms. The summed E-state index contributed by atoms with van der Waals surface area (Å²) in [4.78, 5) is 4.37. The zero-order chi connectivity index (χ0) is 15.4. The normalized spacial score (nSPS) is 12.0. The number of aromatic hydroxyl groups is 1. The van der Waals surface area contributed by atoms with Crippen LogP contribution in [-0.2, 0) is 0 Å². The van der Waals surface area contributed by atoms with E-state index >= 15 is 0 Å². The summed E-state index contributed by atoms with van der Waals surface area (Å²) in [6.45, 7) is 1.70. The summed E-state index contributed by atoms with van der Waals surface area (Å²) in [5, 5.41) is 22.1. The van der Waals surface area contributed by atoms with E-state index in [1.807, 2.05) is 24.3 Å². The van der Waals surface area contributed by atoms with Crippen molar-refractivity contribution in [3.63, 3.8) is 0 Å². The minimum atomic E-state index is 0.118. The number of nitrogens with zero attached hydrogens (tertiary/aromatic N) is 2. The summed E-state index contributed by atoms with van der Waals surface area (Å²) in [7, 11) is 0. The van der Waals surface area contributed by atoms with Gasteiger partial charge in [0.25, 0.3) is 0 Å². The van der Waals surface area contributed by atoms with Gasteiger partial charge in [0, 0.05) is 21.8 Å². The summed E-state index contributed by atoms with van der Waals surface area (Å²) >= 11 is 6.65. The van der Waals surface area contributed by atoms with Crippen molar-refractivity contribution >= 4 is 49.5 Å². The quantitative estimate of drug-likeness (QED) is 0.430. The highest BCUT2D eigenvalue weighted by atomic mass is 79.9. The molecule has 0 radical (unpaired) electrons. The number of hydrogen-bond donors (Lipinski definition) is 2. The molecule has 0 saturated carbocycles. The lowest BCUT2D eigenvalue weighted by molar-refractivity contribution is 0.319. The Labute approximate surface area is 139 Å². The lowest BCUT2D eigenvalue weighted by Crippen LogP contribution is -1.94. The minimum Gasteiger partial charge on any atom is -0.506 e. The van der Waals surface area contributed by atoms with Crippen molar-refractivity contribution in [3.05, 3.63) is 56.5 Å². The molecular formula is C15H12Br2N2O2. The number of para-hydroxylation sites is 1. The molecule has 0 saturated heterocycles. The van der Waals surface area contributed by atoms with Crippen LogP contribution in [-0.4, -0.2) is 22.2 Å². The highest BCUT2D eigenvalue weighted by Crippen LogP contribution is 2.31. The summed E-state index contributed by atoms with van der Waals surface area (Å²) in [6.07, 6.45) is 1.56. The van der Waals surface area contributed by atoms with Crippen LogP contribution in [0.5, 0.6) is 5.75 Å². The van der Waals surface area contributed by atoms with Crippen LogP contribution in [0.15, 0.2) is 55.5 Å². The van der Waals surface area contributed by atoms with Crippen molar-refractivity contribution in [2.75, 3.05) is 0 Å². The third-order valence-electron chi connectivity index (χ3n) is 2.84. The Bertz CT molecular complexity index is 728. The van der Waals surface area contributed by atoms with Crippen LogP contribution < -0.4 is 0 Å². The fourth-order valence-corrected chi connectivity index (χ4v) is 3.03. The van der Waals surface area contributed by atoms with Crippen molar-refractivity contribution in [2.24, 2.45) is 10.1 Å². The fourth-order valence-electron chi connectivity index (χ4n) is 1.77. The Balaban J connectivity index is 2.44. The van der Waals surface area contributed by atoms with E-state index in [4.69, 9.17) is 5.21 Å². The standard InChI is InChI=1S/C15H12Br2N2O2/c1-9(19-21)12-4-2-3-5-14(12)18-8-10-6-11(16)7-13(17)15(10)20/h2-8,20-21H,1H3/b18-8?,19-9+. The van der Waals surface area contributed by atoms with E-state index < -0.39 is 0 Å². The second-order valence-electron chi connectivity index (χ2n) is 4.29. The molecule has 0 atom stereocenters. The number of halogens is 2. The van der Waals surface area contributed by atoms with Gasteiger partial charge in [0.15, 0.2) is 0 Å².